The average Bonchev–Trinajstić information content (AvgIpc) is 3.52. The van der Waals surface area contributed by atoms with Crippen molar-refractivity contribution in [3.63, 3.8) is 0 Å². The van der Waals surface area contributed by atoms with Crippen molar-refractivity contribution in [3.8, 4) is 5.75 Å². The summed E-state index contributed by atoms with van der Waals surface area (Å²) in [7, 11) is 1.57. The van der Waals surface area contributed by atoms with Gasteiger partial charge in [0.15, 0.2) is 5.13 Å². The second-order valence-corrected chi connectivity index (χ2v) is 10.3. The van der Waals surface area contributed by atoms with Gasteiger partial charge in [0.25, 0.3) is 5.78 Å². The SMILES string of the molecule is COc1ccc(C(O)=C2C(=O)C(=O)N(c3nc4c(C)cc(C)cc4s3)[C@@H]2c2cccs2)cc1C. The molecule has 172 valence electrons. The van der Waals surface area contributed by atoms with E-state index in [0.29, 0.717) is 16.4 Å². The third-order valence-corrected chi connectivity index (χ3v) is 7.88. The molecule has 2 aromatic carbocycles. The summed E-state index contributed by atoms with van der Waals surface area (Å²) in [5.74, 6) is -0.958. The van der Waals surface area contributed by atoms with Gasteiger partial charge in [-0.15, -0.1) is 11.3 Å². The molecule has 1 aliphatic heterocycles. The number of amides is 1. The summed E-state index contributed by atoms with van der Waals surface area (Å²) in [5, 5.41) is 13.6. The number of nitrogens with zero attached hydrogens (tertiary/aromatic N) is 2. The Kier molecular flexibility index (Phi) is 5.50. The van der Waals surface area contributed by atoms with Gasteiger partial charge in [0.05, 0.1) is 22.9 Å². The van der Waals surface area contributed by atoms with Gasteiger partial charge in [-0.25, -0.2) is 4.98 Å². The fourth-order valence-corrected chi connectivity index (χ4v) is 6.38. The maximum absolute atomic E-state index is 13.3. The smallest absolute Gasteiger partial charge is 0.301 e. The number of benzene rings is 2. The number of aromatic nitrogens is 1. The second kappa shape index (κ2) is 8.38. The Balaban J connectivity index is 1.71. The van der Waals surface area contributed by atoms with Crippen molar-refractivity contribution in [1.82, 2.24) is 4.98 Å². The van der Waals surface area contributed by atoms with Crippen molar-refractivity contribution in [2.45, 2.75) is 26.8 Å². The Labute approximate surface area is 204 Å². The molecule has 1 aliphatic rings. The molecular formula is C26H22N2O4S2. The Morgan fingerprint density at radius 2 is 1.88 bits per heavy atom. The number of rotatable bonds is 4. The number of anilines is 1. The van der Waals surface area contributed by atoms with Crippen molar-refractivity contribution >= 4 is 55.5 Å². The van der Waals surface area contributed by atoms with Gasteiger partial charge >= 0.3 is 5.91 Å². The van der Waals surface area contributed by atoms with Gasteiger partial charge in [-0.1, -0.05) is 23.5 Å². The van der Waals surface area contributed by atoms with Crippen LogP contribution in [0.4, 0.5) is 5.13 Å². The van der Waals surface area contributed by atoms with E-state index in [1.807, 2.05) is 50.4 Å². The van der Waals surface area contributed by atoms with Crippen LogP contribution in [-0.4, -0.2) is 28.9 Å². The van der Waals surface area contributed by atoms with Gasteiger partial charge < -0.3 is 9.84 Å². The van der Waals surface area contributed by atoms with Crippen LogP contribution in [-0.2, 0) is 9.59 Å². The van der Waals surface area contributed by atoms with Crippen LogP contribution in [0, 0.1) is 20.8 Å². The quantitative estimate of drug-likeness (QED) is 0.218. The van der Waals surface area contributed by atoms with E-state index < -0.39 is 17.7 Å². The number of hydrogen-bond acceptors (Lipinski definition) is 7. The molecule has 1 N–H and O–H groups in total. The summed E-state index contributed by atoms with van der Waals surface area (Å²) in [6, 6.07) is 12.2. The summed E-state index contributed by atoms with van der Waals surface area (Å²) in [4.78, 5) is 33.6. The fourth-order valence-electron chi connectivity index (χ4n) is 4.39. The first-order valence-corrected chi connectivity index (χ1v) is 12.4. The number of carbonyl (C=O) groups excluding carboxylic acids is 2. The minimum absolute atomic E-state index is 0.0594. The number of carbonyl (C=O) groups is 2. The molecule has 0 spiro atoms. The molecule has 3 heterocycles. The summed E-state index contributed by atoms with van der Waals surface area (Å²) in [6.45, 7) is 5.85. The zero-order chi connectivity index (χ0) is 24.1. The van der Waals surface area contributed by atoms with Crippen molar-refractivity contribution < 1.29 is 19.4 Å². The topological polar surface area (TPSA) is 79.7 Å². The first-order valence-electron chi connectivity index (χ1n) is 10.7. The third kappa shape index (κ3) is 3.50. The van der Waals surface area contributed by atoms with Gasteiger partial charge in [-0.2, -0.15) is 0 Å². The molecule has 6 nitrogen and oxygen atoms in total. The number of aliphatic hydroxyl groups is 1. The van der Waals surface area contributed by atoms with E-state index in [2.05, 4.69) is 0 Å². The van der Waals surface area contributed by atoms with Crippen LogP contribution >= 0.6 is 22.7 Å². The van der Waals surface area contributed by atoms with E-state index >= 15 is 0 Å². The monoisotopic (exact) mass is 490 g/mol. The van der Waals surface area contributed by atoms with E-state index in [9.17, 15) is 14.7 Å². The molecule has 34 heavy (non-hydrogen) atoms. The van der Waals surface area contributed by atoms with E-state index in [1.54, 1.807) is 25.3 Å². The molecule has 1 amide bonds. The molecule has 1 atom stereocenters. The second-order valence-electron chi connectivity index (χ2n) is 8.29. The van der Waals surface area contributed by atoms with Crippen molar-refractivity contribution in [1.29, 1.82) is 0 Å². The molecule has 1 fully saturated rings. The highest BCUT2D eigenvalue weighted by molar-refractivity contribution is 7.22. The van der Waals surface area contributed by atoms with Gasteiger partial charge in [-0.05, 0) is 73.2 Å². The minimum Gasteiger partial charge on any atom is -0.507 e. The standard InChI is InChI=1S/C26H22N2O4S2/c1-13-10-15(3)21-19(11-13)34-26(27-21)28-22(18-6-5-9-33-18)20(24(30)25(28)31)23(29)16-7-8-17(32-4)14(2)12-16/h5-12,22,29H,1-4H3/t22-/m1/s1. The number of methoxy groups -OCH3 is 1. The zero-order valence-electron chi connectivity index (χ0n) is 19.1. The molecule has 0 aliphatic carbocycles. The van der Waals surface area contributed by atoms with Crippen LogP contribution in [0.25, 0.3) is 16.0 Å². The normalized spacial score (nSPS) is 17.6. The average molecular weight is 491 g/mol. The maximum Gasteiger partial charge on any atom is 0.301 e. The molecule has 2 aromatic heterocycles. The molecule has 0 radical (unpaired) electrons. The van der Waals surface area contributed by atoms with Crippen LogP contribution in [0.15, 0.2) is 53.4 Å². The molecule has 0 saturated carbocycles. The van der Waals surface area contributed by atoms with Crippen molar-refractivity contribution in [2.75, 3.05) is 12.0 Å². The number of thiophene rings is 1. The number of fused-ring (bicyclic) bond motifs is 1. The van der Waals surface area contributed by atoms with Gasteiger partial charge in [0.1, 0.15) is 17.6 Å². The van der Waals surface area contributed by atoms with Crippen LogP contribution < -0.4 is 9.64 Å². The number of thiazole rings is 1. The number of ether oxygens (including phenoxy) is 1. The summed E-state index contributed by atoms with van der Waals surface area (Å²) >= 11 is 2.80. The lowest BCUT2D eigenvalue weighted by molar-refractivity contribution is -0.132. The van der Waals surface area contributed by atoms with Gasteiger partial charge in [0, 0.05) is 10.4 Å². The van der Waals surface area contributed by atoms with E-state index in [1.165, 1.54) is 27.6 Å². The number of ketones is 1. The number of hydrogen-bond donors (Lipinski definition) is 1. The molecule has 0 bridgehead atoms. The Morgan fingerprint density at radius 1 is 1.09 bits per heavy atom. The number of aliphatic hydroxyl groups excluding tert-OH is 1. The molecule has 5 rings (SSSR count). The van der Waals surface area contributed by atoms with Crippen LogP contribution in [0.5, 0.6) is 5.75 Å². The van der Waals surface area contributed by atoms with Crippen molar-refractivity contribution in [2.24, 2.45) is 0 Å². The highest BCUT2D eigenvalue weighted by atomic mass is 32.1. The number of Topliss-reactive ketones (excluding diaryl/α,β-unsaturated/α-hetero) is 1. The Bertz CT molecular complexity index is 1480. The lowest BCUT2D eigenvalue weighted by atomic mass is 9.99. The highest BCUT2D eigenvalue weighted by Gasteiger charge is 2.48. The lowest BCUT2D eigenvalue weighted by Gasteiger charge is -2.21. The predicted molar refractivity (Wildman–Crippen MR) is 136 cm³/mol. The maximum atomic E-state index is 13.3. The third-order valence-electron chi connectivity index (χ3n) is 5.95. The van der Waals surface area contributed by atoms with E-state index in [-0.39, 0.29) is 11.3 Å². The number of aryl methyl sites for hydroxylation is 3. The summed E-state index contributed by atoms with van der Waals surface area (Å²) < 4.78 is 6.26. The summed E-state index contributed by atoms with van der Waals surface area (Å²) in [6.07, 6.45) is 0. The van der Waals surface area contributed by atoms with E-state index in [0.717, 1.165) is 31.8 Å². The summed E-state index contributed by atoms with van der Waals surface area (Å²) in [5.41, 5.74) is 4.24. The first-order chi connectivity index (χ1) is 16.3. The molecule has 4 aromatic rings. The predicted octanol–water partition coefficient (Wildman–Crippen LogP) is 5.92. The first kappa shape index (κ1) is 22.3. The minimum atomic E-state index is -0.760. The van der Waals surface area contributed by atoms with E-state index in [4.69, 9.17) is 9.72 Å². The molecular weight excluding hydrogens is 468 g/mol. The van der Waals surface area contributed by atoms with Crippen LogP contribution in [0.2, 0.25) is 0 Å². The van der Waals surface area contributed by atoms with Gasteiger partial charge in [0.2, 0.25) is 0 Å². The van der Waals surface area contributed by atoms with Crippen LogP contribution in [0.1, 0.15) is 33.2 Å². The highest BCUT2D eigenvalue weighted by Crippen LogP contribution is 2.46. The molecule has 1 saturated heterocycles. The van der Waals surface area contributed by atoms with Crippen LogP contribution in [0.3, 0.4) is 0 Å². The fraction of sp³-hybridized carbons (Fsp3) is 0.192. The molecule has 8 heteroatoms. The zero-order valence-corrected chi connectivity index (χ0v) is 20.7. The largest absolute Gasteiger partial charge is 0.507 e. The molecule has 0 unspecified atom stereocenters. The Morgan fingerprint density at radius 3 is 2.56 bits per heavy atom. The van der Waals surface area contributed by atoms with Gasteiger partial charge in [-0.3, -0.25) is 14.5 Å². The lowest BCUT2D eigenvalue weighted by Crippen LogP contribution is -2.28. The Hall–Kier alpha value is -3.49. The van der Waals surface area contributed by atoms with Crippen molar-refractivity contribution in [3.05, 3.63) is 80.5 Å².